The zero-order valence-corrected chi connectivity index (χ0v) is 17.2. The van der Waals surface area contributed by atoms with Gasteiger partial charge in [0, 0.05) is 24.0 Å². The summed E-state index contributed by atoms with van der Waals surface area (Å²) in [5, 5.41) is 7.18. The standard InChI is InChI=1S/C24H26N4O2/c1-18-15-22(29)23(26-28(18)21-11-4-2-5-12-21)24(30)25-20-10-8-9-19(16-20)17-27-13-6-3-7-14-27/h2,4-5,8-12,15-16H,3,6-7,13-14,17H2,1H3,(H,25,30). The van der Waals surface area contributed by atoms with Crippen LogP contribution in [0.1, 0.15) is 41.0 Å². The van der Waals surface area contributed by atoms with Gasteiger partial charge in [-0.15, -0.1) is 0 Å². The molecular formula is C24H26N4O2. The average molecular weight is 402 g/mol. The first-order chi connectivity index (χ1) is 14.6. The van der Waals surface area contributed by atoms with Gasteiger partial charge in [0.1, 0.15) is 0 Å². The van der Waals surface area contributed by atoms with Crippen molar-refractivity contribution in [1.29, 1.82) is 0 Å². The number of carbonyl (C=O) groups is 1. The molecule has 0 saturated carbocycles. The number of aromatic nitrogens is 2. The van der Waals surface area contributed by atoms with Crippen LogP contribution >= 0.6 is 0 Å². The van der Waals surface area contributed by atoms with E-state index in [-0.39, 0.29) is 11.1 Å². The Kier molecular flexibility index (Phi) is 6.05. The van der Waals surface area contributed by atoms with Gasteiger partial charge in [-0.2, -0.15) is 5.10 Å². The molecule has 1 fully saturated rings. The van der Waals surface area contributed by atoms with Crippen molar-refractivity contribution in [3.05, 3.63) is 87.8 Å². The van der Waals surface area contributed by atoms with Crippen molar-refractivity contribution < 1.29 is 4.79 Å². The zero-order chi connectivity index (χ0) is 20.9. The molecule has 1 aromatic heterocycles. The van der Waals surface area contributed by atoms with Crippen LogP contribution in [0.25, 0.3) is 5.69 Å². The summed E-state index contributed by atoms with van der Waals surface area (Å²) in [6.45, 7) is 4.90. The number of hydrogen-bond donors (Lipinski definition) is 1. The average Bonchev–Trinajstić information content (AvgIpc) is 2.75. The third kappa shape index (κ3) is 4.66. The normalized spacial score (nSPS) is 14.4. The molecule has 2 heterocycles. The number of likely N-dealkylation sites (tertiary alicyclic amines) is 1. The third-order valence-electron chi connectivity index (χ3n) is 5.36. The molecule has 1 amide bonds. The van der Waals surface area contributed by atoms with Gasteiger partial charge in [-0.05, 0) is 62.7 Å². The minimum absolute atomic E-state index is 0.120. The van der Waals surface area contributed by atoms with E-state index in [1.807, 2.05) is 48.5 Å². The summed E-state index contributed by atoms with van der Waals surface area (Å²) >= 11 is 0. The highest BCUT2D eigenvalue weighted by molar-refractivity contribution is 6.02. The number of amides is 1. The first kappa shape index (κ1) is 20.0. The van der Waals surface area contributed by atoms with Crippen molar-refractivity contribution in [2.45, 2.75) is 32.7 Å². The Morgan fingerprint density at radius 2 is 1.77 bits per heavy atom. The van der Waals surface area contributed by atoms with Gasteiger partial charge in [0.25, 0.3) is 5.91 Å². The second-order valence-electron chi connectivity index (χ2n) is 7.74. The van der Waals surface area contributed by atoms with E-state index in [0.717, 1.165) is 30.9 Å². The topological polar surface area (TPSA) is 67.2 Å². The predicted molar refractivity (Wildman–Crippen MR) is 118 cm³/mol. The maximum Gasteiger partial charge on any atom is 0.280 e. The molecule has 3 aromatic rings. The molecule has 0 bridgehead atoms. The lowest BCUT2D eigenvalue weighted by molar-refractivity contribution is 0.101. The number of anilines is 1. The highest BCUT2D eigenvalue weighted by Gasteiger charge is 2.16. The number of para-hydroxylation sites is 1. The summed E-state index contributed by atoms with van der Waals surface area (Å²) in [7, 11) is 0. The van der Waals surface area contributed by atoms with Gasteiger partial charge in [0.2, 0.25) is 5.43 Å². The minimum atomic E-state index is -0.500. The van der Waals surface area contributed by atoms with Crippen LogP contribution in [-0.2, 0) is 6.54 Å². The van der Waals surface area contributed by atoms with Gasteiger partial charge in [-0.25, -0.2) is 4.68 Å². The summed E-state index contributed by atoms with van der Waals surface area (Å²) in [6.07, 6.45) is 3.78. The molecule has 6 nitrogen and oxygen atoms in total. The van der Waals surface area contributed by atoms with Gasteiger partial charge in [0.15, 0.2) is 5.69 Å². The van der Waals surface area contributed by atoms with Gasteiger partial charge in [-0.3, -0.25) is 14.5 Å². The quantitative estimate of drug-likeness (QED) is 0.705. The summed E-state index contributed by atoms with van der Waals surface area (Å²) < 4.78 is 1.61. The van der Waals surface area contributed by atoms with E-state index in [0.29, 0.717) is 11.4 Å². The van der Waals surface area contributed by atoms with Crippen LogP contribution in [0, 0.1) is 6.92 Å². The second-order valence-corrected chi connectivity index (χ2v) is 7.74. The molecule has 1 aliphatic rings. The van der Waals surface area contributed by atoms with Crippen LogP contribution in [0.2, 0.25) is 0 Å². The van der Waals surface area contributed by atoms with Crippen LogP contribution in [-0.4, -0.2) is 33.7 Å². The van der Waals surface area contributed by atoms with Crippen molar-refractivity contribution in [2.24, 2.45) is 0 Å². The number of aryl methyl sites for hydroxylation is 1. The molecule has 30 heavy (non-hydrogen) atoms. The lowest BCUT2D eigenvalue weighted by Crippen LogP contribution is -2.29. The number of nitrogens with one attached hydrogen (secondary N) is 1. The van der Waals surface area contributed by atoms with E-state index >= 15 is 0 Å². The number of benzene rings is 2. The smallest absolute Gasteiger partial charge is 0.280 e. The van der Waals surface area contributed by atoms with E-state index < -0.39 is 5.91 Å². The molecule has 0 unspecified atom stereocenters. The number of nitrogens with zero attached hydrogens (tertiary/aromatic N) is 3. The van der Waals surface area contributed by atoms with E-state index in [1.165, 1.54) is 25.3 Å². The third-order valence-corrected chi connectivity index (χ3v) is 5.36. The van der Waals surface area contributed by atoms with Crippen molar-refractivity contribution in [3.8, 4) is 5.69 Å². The van der Waals surface area contributed by atoms with Gasteiger partial charge >= 0.3 is 0 Å². The highest BCUT2D eigenvalue weighted by atomic mass is 16.2. The zero-order valence-electron chi connectivity index (χ0n) is 17.2. The van der Waals surface area contributed by atoms with Gasteiger partial charge in [-0.1, -0.05) is 36.8 Å². The molecule has 154 valence electrons. The highest BCUT2D eigenvalue weighted by Crippen LogP contribution is 2.17. The fourth-order valence-electron chi connectivity index (χ4n) is 3.85. The maximum absolute atomic E-state index is 12.8. The summed E-state index contributed by atoms with van der Waals surface area (Å²) in [5.41, 5.74) is 2.78. The Bertz CT molecular complexity index is 1090. The molecule has 1 N–H and O–H groups in total. The van der Waals surface area contributed by atoms with E-state index in [9.17, 15) is 9.59 Å². The number of piperidine rings is 1. The van der Waals surface area contributed by atoms with Crippen molar-refractivity contribution in [1.82, 2.24) is 14.7 Å². The van der Waals surface area contributed by atoms with Crippen LogP contribution in [0.4, 0.5) is 5.69 Å². The molecule has 0 spiro atoms. The lowest BCUT2D eigenvalue weighted by atomic mass is 10.1. The number of hydrogen-bond acceptors (Lipinski definition) is 4. The Balaban J connectivity index is 1.54. The van der Waals surface area contributed by atoms with E-state index in [1.54, 1.807) is 11.6 Å². The first-order valence-corrected chi connectivity index (χ1v) is 10.4. The van der Waals surface area contributed by atoms with Crippen molar-refractivity contribution in [3.63, 3.8) is 0 Å². The Hall–Kier alpha value is -3.25. The summed E-state index contributed by atoms with van der Waals surface area (Å²) in [6, 6.07) is 18.7. The molecule has 0 aliphatic carbocycles. The molecule has 4 rings (SSSR count). The maximum atomic E-state index is 12.8. The van der Waals surface area contributed by atoms with Crippen LogP contribution in [0.3, 0.4) is 0 Å². The molecule has 1 aliphatic heterocycles. The van der Waals surface area contributed by atoms with Crippen molar-refractivity contribution in [2.75, 3.05) is 18.4 Å². The molecular weight excluding hydrogens is 376 g/mol. The van der Waals surface area contributed by atoms with Crippen LogP contribution in [0.15, 0.2) is 65.5 Å². The molecule has 1 saturated heterocycles. The summed E-state index contributed by atoms with van der Waals surface area (Å²) in [5.74, 6) is -0.500. The first-order valence-electron chi connectivity index (χ1n) is 10.4. The van der Waals surface area contributed by atoms with Crippen molar-refractivity contribution >= 4 is 11.6 Å². The predicted octanol–water partition coefficient (Wildman–Crippen LogP) is 3.78. The fourth-order valence-corrected chi connectivity index (χ4v) is 3.85. The number of carbonyl (C=O) groups excluding carboxylic acids is 1. The fraction of sp³-hybridized carbons (Fsp3) is 0.292. The SMILES string of the molecule is Cc1cc(=O)c(C(=O)Nc2cccc(CN3CCCCC3)c2)nn1-c1ccccc1. The second kappa shape index (κ2) is 9.05. The molecule has 0 atom stereocenters. The van der Waals surface area contributed by atoms with E-state index in [2.05, 4.69) is 21.4 Å². The lowest BCUT2D eigenvalue weighted by Gasteiger charge is -2.26. The molecule has 0 radical (unpaired) electrons. The Morgan fingerprint density at radius 3 is 2.53 bits per heavy atom. The summed E-state index contributed by atoms with van der Waals surface area (Å²) in [4.78, 5) is 27.7. The largest absolute Gasteiger partial charge is 0.320 e. The number of rotatable bonds is 5. The van der Waals surface area contributed by atoms with Gasteiger partial charge < -0.3 is 5.32 Å². The minimum Gasteiger partial charge on any atom is -0.320 e. The molecule has 2 aromatic carbocycles. The van der Waals surface area contributed by atoms with E-state index in [4.69, 9.17) is 0 Å². The van der Waals surface area contributed by atoms with Crippen LogP contribution in [0.5, 0.6) is 0 Å². The van der Waals surface area contributed by atoms with Gasteiger partial charge in [0.05, 0.1) is 5.69 Å². The Morgan fingerprint density at radius 1 is 1.00 bits per heavy atom. The molecule has 6 heteroatoms. The monoisotopic (exact) mass is 402 g/mol. The Labute approximate surface area is 176 Å². The van der Waals surface area contributed by atoms with Crippen LogP contribution < -0.4 is 10.7 Å².